The van der Waals surface area contributed by atoms with Crippen molar-refractivity contribution in [2.45, 2.75) is 39.3 Å². The molecule has 17 heavy (non-hydrogen) atoms. The molecule has 0 aliphatic carbocycles. The normalized spacial score (nSPS) is 11.9. The van der Waals surface area contributed by atoms with Crippen LogP contribution in [-0.2, 0) is 9.53 Å². The van der Waals surface area contributed by atoms with Gasteiger partial charge in [0.15, 0.2) is 0 Å². The van der Waals surface area contributed by atoms with E-state index in [-0.39, 0.29) is 19.7 Å². The van der Waals surface area contributed by atoms with E-state index in [0.29, 0.717) is 6.42 Å². The highest BCUT2D eigenvalue weighted by molar-refractivity contribution is 5.71. The SMILES string of the molecule is CCCCOC(=O)CN(CCC)CC(F)(F)F. The van der Waals surface area contributed by atoms with Gasteiger partial charge in [-0.1, -0.05) is 20.3 Å². The fraction of sp³-hybridized carbons (Fsp3) is 0.909. The molecule has 0 radical (unpaired) electrons. The number of rotatable bonds is 8. The van der Waals surface area contributed by atoms with Crippen molar-refractivity contribution in [2.24, 2.45) is 0 Å². The van der Waals surface area contributed by atoms with Crippen LogP contribution in [0.15, 0.2) is 0 Å². The standard InChI is InChI=1S/C11H20F3NO2/c1-3-5-7-17-10(16)8-15(6-4-2)9-11(12,13)14/h3-9H2,1-2H3. The van der Waals surface area contributed by atoms with Crippen molar-refractivity contribution in [2.75, 3.05) is 26.2 Å². The van der Waals surface area contributed by atoms with Gasteiger partial charge in [0.25, 0.3) is 0 Å². The molecule has 0 bridgehead atoms. The minimum absolute atomic E-state index is 0.238. The average Bonchev–Trinajstić information content (AvgIpc) is 2.15. The summed E-state index contributed by atoms with van der Waals surface area (Å²) in [7, 11) is 0. The van der Waals surface area contributed by atoms with Gasteiger partial charge in [-0.2, -0.15) is 13.2 Å². The summed E-state index contributed by atoms with van der Waals surface area (Å²) < 4.78 is 41.4. The van der Waals surface area contributed by atoms with Crippen LogP contribution in [0.1, 0.15) is 33.1 Å². The lowest BCUT2D eigenvalue weighted by Crippen LogP contribution is -2.39. The Bertz CT molecular complexity index is 219. The Labute approximate surface area is 99.9 Å². The van der Waals surface area contributed by atoms with E-state index in [1.54, 1.807) is 6.92 Å². The van der Waals surface area contributed by atoms with Gasteiger partial charge in [-0.05, 0) is 19.4 Å². The monoisotopic (exact) mass is 255 g/mol. The van der Waals surface area contributed by atoms with E-state index in [1.165, 1.54) is 0 Å². The second kappa shape index (κ2) is 8.33. The maximum Gasteiger partial charge on any atom is 0.401 e. The molecule has 0 aromatic rings. The Morgan fingerprint density at radius 2 is 1.88 bits per heavy atom. The molecule has 0 aliphatic heterocycles. The first-order chi connectivity index (χ1) is 7.89. The largest absolute Gasteiger partial charge is 0.465 e. The van der Waals surface area contributed by atoms with E-state index in [4.69, 9.17) is 4.74 Å². The maximum atomic E-state index is 12.2. The Morgan fingerprint density at radius 3 is 2.35 bits per heavy atom. The van der Waals surface area contributed by atoms with Crippen LogP contribution in [0, 0.1) is 0 Å². The quantitative estimate of drug-likeness (QED) is 0.493. The van der Waals surface area contributed by atoms with Gasteiger partial charge < -0.3 is 4.74 Å². The Balaban J connectivity index is 4.01. The molecule has 0 aromatic carbocycles. The van der Waals surface area contributed by atoms with Crippen LogP contribution in [0.25, 0.3) is 0 Å². The molecule has 0 rings (SSSR count). The molecule has 0 aromatic heterocycles. The molecular formula is C11H20F3NO2. The van der Waals surface area contributed by atoms with E-state index in [1.807, 2.05) is 6.92 Å². The number of hydrogen-bond acceptors (Lipinski definition) is 3. The van der Waals surface area contributed by atoms with E-state index in [0.717, 1.165) is 17.7 Å². The van der Waals surface area contributed by atoms with Crippen LogP contribution in [0.4, 0.5) is 13.2 Å². The van der Waals surface area contributed by atoms with Crippen molar-refractivity contribution in [1.82, 2.24) is 4.90 Å². The minimum Gasteiger partial charge on any atom is -0.465 e. The van der Waals surface area contributed by atoms with Crippen LogP contribution in [0.3, 0.4) is 0 Å². The lowest BCUT2D eigenvalue weighted by molar-refractivity contribution is -0.157. The average molecular weight is 255 g/mol. The zero-order valence-corrected chi connectivity index (χ0v) is 10.3. The highest BCUT2D eigenvalue weighted by atomic mass is 19.4. The molecule has 0 N–H and O–H groups in total. The highest BCUT2D eigenvalue weighted by Gasteiger charge is 2.31. The second-order valence-corrected chi connectivity index (χ2v) is 3.90. The van der Waals surface area contributed by atoms with E-state index >= 15 is 0 Å². The first-order valence-electron chi connectivity index (χ1n) is 5.83. The first-order valence-corrected chi connectivity index (χ1v) is 5.83. The predicted molar refractivity (Wildman–Crippen MR) is 58.7 cm³/mol. The summed E-state index contributed by atoms with van der Waals surface area (Å²) in [6, 6.07) is 0. The minimum atomic E-state index is -4.28. The maximum absolute atomic E-state index is 12.2. The van der Waals surface area contributed by atoms with E-state index in [9.17, 15) is 18.0 Å². The molecule has 0 heterocycles. The van der Waals surface area contributed by atoms with Crippen molar-refractivity contribution >= 4 is 5.97 Å². The van der Waals surface area contributed by atoms with Gasteiger partial charge in [0.05, 0.1) is 19.7 Å². The van der Waals surface area contributed by atoms with Gasteiger partial charge in [0.2, 0.25) is 0 Å². The molecule has 102 valence electrons. The molecule has 0 unspecified atom stereocenters. The predicted octanol–water partition coefficient (Wildman–Crippen LogP) is 2.60. The number of halogens is 3. The zero-order valence-electron chi connectivity index (χ0n) is 10.3. The molecule has 0 fully saturated rings. The number of unbranched alkanes of at least 4 members (excludes halogenated alkanes) is 1. The molecule has 0 spiro atoms. The molecule has 0 amide bonds. The summed E-state index contributed by atoms with van der Waals surface area (Å²) in [5.41, 5.74) is 0. The third-order valence-corrected chi connectivity index (χ3v) is 2.06. The summed E-state index contributed by atoms with van der Waals surface area (Å²) in [6.45, 7) is 2.87. The third-order valence-electron chi connectivity index (χ3n) is 2.06. The second-order valence-electron chi connectivity index (χ2n) is 3.90. The molecule has 0 atom stereocenters. The molecule has 0 saturated heterocycles. The van der Waals surface area contributed by atoms with Gasteiger partial charge in [-0.15, -0.1) is 0 Å². The van der Waals surface area contributed by atoms with Crippen molar-refractivity contribution < 1.29 is 22.7 Å². The molecule has 6 heteroatoms. The van der Waals surface area contributed by atoms with Gasteiger partial charge >= 0.3 is 12.1 Å². The number of ether oxygens (including phenoxy) is 1. The Hall–Kier alpha value is -0.780. The van der Waals surface area contributed by atoms with Crippen molar-refractivity contribution in [3.05, 3.63) is 0 Å². The number of carbonyl (C=O) groups excluding carboxylic acids is 1. The zero-order chi connectivity index (χ0) is 13.3. The smallest absolute Gasteiger partial charge is 0.401 e. The summed E-state index contributed by atoms with van der Waals surface area (Å²) >= 11 is 0. The van der Waals surface area contributed by atoms with Crippen molar-refractivity contribution in [1.29, 1.82) is 0 Å². The number of esters is 1. The van der Waals surface area contributed by atoms with Crippen LogP contribution in [0.2, 0.25) is 0 Å². The third kappa shape index (κ3) is 10.1. The fourth-order valence-corrected chi connectivity index (χ4v) is 1.34. The topological polar surface area (TPSA) is 29.5 Å². The Morgan fingerprint density at radius 1 is 1.24 bits per heavy atom. The first kappa shape index (κ1) is 16.2. The van der Waals surface area contributed by atoms with Crippen molar-refractivity contribution in [3.8, 4) is 0 Å². The molecule has 3 nitrogen and oxygen atoms in total. The Kier molecular flexibility index (Phi) is 7.95. The van der Waals surface area contributed by atoms with Crippen LogP contribution >= 0.6 is 0 Å². The summed E-state index contributed by atoms with van der Waals surface area (Å²) in [4.78, 5) is 12.3. The number of carbonyl (C=O) groups is 1. The summed E-state index contributed by atoms with van der Waals surface area (Å²) in [5.74, 6) is -0.587. The highest BCUT2D eigenvalue weighted by Crippen LogP contribution is 2.16. The molecule has 0 saturated carbocycles. The lowest BCUT2D eigenvalue weighted by Gasteiger charge is -2.21. The molecular weight excluding hydrogens is 235 g/mol. The van der Waals surface area contributed by atoms with Gasteiger partial charge in [0, 0.05) is 0 Å². The van der Waals surface area contributed by atoms with Gasteiger partial charge in [-0.25, -0.2) is 0 Å². The number of nitrogens with zero attached hydrogens (tertiary/aromatic N) is 1. The molecule has 0 aliphatic rings. The van der Waals surface area contributed by atoms with Gasteiger partial charge in [0.1, 0.15) is 0 Å². The summed E-state index contributed by atoms with van der Waals surface area (Å²) in [5, 5.41) is 0. The summed E-state index contributed by atoms with van der Waals surface area (Å²) in [6.07, 6.45) is -2.09. The lowest BCUT2D eigenvalue weighted by atomic mass is 10.3. The number of hydrogen-bond donors (Lipinski definition) is 0. The van der Waals surface area contributed by atoms with Crippen LogP contribution in [0.5, 0.6) is 0 Å². The van der Waals surface area contributed by atoms with E-state index < -0.39 is 18.7 Å². The van der Waals surface area contributed by atoms with Gasteiger partial charge in [-0.3, -0.25) is 9.69 Å². The van der Waals surface area contributed by atoms with Crippen molar-refractivity contribution in [3.63, 3.8) is 0 Å². The number of alkyl halides is 3. The van der Waals surface area contributed by atoms with Crippen LogP contribution < -0.4 is 0 Å². The van der Waals surface area contributed by atoms with E-state index in [2.05, 4.69) is 0 Å². The van der Waals surface area contributed by atoms with Crippen LogP contribution in [-0.4, -0.2) is 43.3 Å². The fourth-order valence-electron chi connectivity index (χ4n) is 1.34.